The van der Waals surface area contributed by atoms with Gasteiger partial charge in [-0.2, -0.15) is 0 Å². The number of unbranched alkanes of at least 4 members (excludes halogenated alkanes) is 33. The third kappa shape index (κ3) is 123. The van der Waals surface area contributed by atoms with Crippen LogP contribution >= 0.6 is 0 Å². The summed E-state index contributed by atoms with van der Waals surface area (Å²) in [5.74, 6) is -2.74. The first-order chi connectivity index (χ1) is 34.3. The summed E-state index contributed by atoms with van der Waals surface area (Å²) in [5.41, 5.74) is 0. The van der Waals surface area contributed by atoms with E-state index < -0.39 is 17.9 Å². The van der Waals surface area contributed by atoms with Crippen LogP contribution in [0.15, 0.2) is 36.5 Å². The fourth-order valence-corrected chi connectivity index (χ4v) is 7.02. The molecule has 0 aromatic rings. The van der Waals surface area contributed by atoms with Crippen molar-refractivity contribution in [3.8, 4) is 0 Å². The van der Waals surface area contributed by atoms with Gasteiger partial charge in [0.25, 0.3) is 0 Å². The van der Waals surface area contributed by atoms with E-state index in [0.717, 1.165) is 57.8 Å². The predicted molar refractivity (Wildman–Crippen MR) is 289 cm³/mol. The Morgan fingerprint density at radius 2 is 0.380 bits per heavy atom. The summed E-state index contributed by atoms with van der Waals surface area (Å²) in [6.45, 7) is 16.8. The Balaban J connectivity index is -0.000000105. The van der Waals surface area contributed by atoms with Crippen LogP contribution in [-0.2, 0) is 55.4 Å². The van der Waals surface area contributed by atoms with E-state index in [-0.39, 0.29) is 36.3 Å². The second-order valence-electron chi connectivity index (χ2n) is 17.1. The van der Waals surface area contributed by atoms with Crippen LogP contribution in [0.5, 0.6) is 0 Å². The topological polar surface area (TPSA) is 206 Å². The Kier molecular flexibility index (Phi) is 122. The van der Waals surface area contributed by atoms with Crippen LogP contribution in [-0.4, -0.2) is 51.9 Å². The number of carboxylic acid groups (broad SMARTS) is 3. The number of carbonyl (C=O) groups is 8. The van der Waals surface area contributed by atoms with E-state index in [1.165, 1.54) is 193 Å². The number of carboxylic acids is 3. The molecule has 0 aromatic heterocycles. The van der Waals surface area contributed by atoms with Crippen molar-refractivity contribution in [1.29, 1.82) is 0 Å². The minimum Gasteiger partial charge on any atom is -0.550 e. The molecule has 0 saturated heterocycles. The minimum absolute atomic E-state index is 0. The van der Waals surface area contributed by atoms with Crippen molar-refractivity contribution in [3.05, 3.63) is 36.5 Å². The monoisotopic (exact) mass is 1050 g/mol. The molecular weight excluding hydrogens is 940 g/mol. The molecule has 0 fully saturated rings. The largest absolute Gasteiger partial charge is 3.00 e. The van der Waals surface area contributed by atoms with Crippen molar-refractivity contribution in [1.82, 2.24) is 0 Å². The van der Waals surface area contributed by atoms with Gasteiger partial charge in [0, 0.05) is 17.9 Å². The summed E-state index contributed by atoms with van der Waals surface area (Å²) >= 11 is 0. The molecule has 0 aliphatic heterocycles. The van der Waals surface area contributed by atoms with Gasteiger partial charge >= 0.3 is 17.1 Å². The van der Waals surface area contributed by atoms with Crippen LogP contribution in [0.25, 0.3) is 0 Å². The molecule has 1 radical (unpaired) electrons. The number of aliphatic carboxylic acids is 3. The smallest absolute Gasteiger partial charge is 0.550 e. The molecule has 11 nitrogen and oxygen atoms in total. The van der Waals surface area contributed by atoms with Crippen LogP contribution in [0, 0.1) is 0 Å². The third-order valence-electron chi connectivity index (χ3n) is 10.9. The Bertz CT molecular complexity index is 909. The van der Waals surface area contributed by atoms with E-state index >= 15 is 0 Å². The molecule has 0 amide bonds. The molecule has 0 bridgehead atoms. The molecule has 0 aromatic carbocycles. The van der Waals surface area contributed by atoms with E-state index in [1.807, 2.05) is 33.9 Å². The van der Waals surface area contributed by atoms with Gasteiger partial charge in [-0.05, 0) is 116 Å². The minimum atomic E-state index is -0.914. The molecule has 12 heteroatoms. The van der Waals surface area contributed by atoms with Crippen molar-refractivity contribution in [3.63, 3.8) is 0 Å². The second-order valence-corrected chi connectivity index (χ2v) is 17.1. The van der Waals surface area contributed by atoms with Crippen molar-refractivity contribution in [2.75, 3.05) is 0 Å². The molecule has 0 aliphatic carbocycles. The van der Waals surface area contributed by atoms with Gasteiger partial charge in [0.05, 0.1) is 0 Å². The summed E-state index contributed by atoms with van der Waals surface area (Å²) in [5, 5.41) is 30.6. The summed E-state index contributed by atoms with van der Waals surface area (Å²) in [7, 11) is 0. The van der Waals surface area contributed by atoms with Crippen LogP contribution in [0.3, 0.4) is 0 Å². The number of hydrogen-bond acceptors (Lipinski definition) is 11. The average molecular weight is 1050 g/mol. The molecule has 0 unspecified atom stereocenters. The van der Waals surface area contributed by atoms with Crippen molar-refractivity contribution < 1.29 is 70.7 Å². The van der Waals surface area contributed by atoms with Crippen LogP contribution < -0.4 is 15.3 Å². The predicted octanol–water partition coefficient (Wildman–Crippen LogP) is 13.4. The maximum atomic E-state index is 10.2. The van der Waals surface area contributed by atoms with E-state index in [2.05, 4.69) is 57.2 Å². The fourth-order valence-electron chi connectivity index (χ4n) is 7.02. The Morgan fingerprint density at radius 3 is 0.521 bits per heavy atom. The molecule has 71 heavy (non-hydrogen) atoms. The molecule has 0 atom stereocenters. The number of rotatable bonds is 45. The first-order valence-electron chi connectivity index (χ1n) is 27.3. The van der Waals surface area contributed by atoms with Gasteiger partial charge in [-0.3, -0.25) is 0 Å². The quantitative estimate of drug-likeness (QED) is 0.0318. The zero-order valence-corrected chi connectivity index (χ0v) is 47.1. The van der Waals surface area contributed by atoms with Gasteiger partial charge in [-0.25, -0.2) is 0 Å². The van der Waals surface area contributed by atoms with E-state index in [4.69, 9.17) is 24.0 Å². The molecule has 0 heterocycles. The normalized spacial score (nSPS) is 9.79. The van der Waals surface area contributed by atoms with E-state index in [1.54, 1.807) is 0 Å². The number of hydrogen-bond donors (Lipinski definition) is 0. The molecule has 0 rings (SSSR count). The summed E-state index contributed by atoms with van der Waals surface area (Å²) in [6.07, 6.45) is 62.7. The van der Waals surface area contributed by atoms with Crippen LogP contribution in [0.2, 0.25) is 0 Å². The average Bonchev–Trinajstić information content (AvgIpc) is 3.38. The Hall–Kier alpha value is -3.50. The van der Waals surface area contributed by atoms with E-state index in [0.29, 0.717) is 0 Å². The van der Waals surface area contributed by atoms with Gasteiger partial charge in [-0.15, -0.1) is 0 Å². The molecule has 0 N–H and O–H groups in total. The SMILES string of the molecule is C=O.C=O.C=O.C=O.C=O.CCCCCCCC/C=C\CCCCCCCC(=O)[O-].CCCCCCCC/C=C\CCCCCCCC(=O)[O-].CCCCCCCC/C=C\CCCCCCCC(=O)[O-].[Fe+3]. The second kappa shape index (κ2) is 99.7. The molecular formula is C59H109FeO11. The van der Waals surface area contributed by atoms with Gasteiger partial charge in [0.15, 0.2) is 0 Å². The number of carbonyl (C=O) groups excluding carboxylic acids is 8. The maximum absolute atomic E-state index is 10.2. The Morgan fingerprint density at radius 1 is 0.254 bits per heavy atom. The summed E-state index contributed by atoms with van der Waals surface area (Å²) in [4.78, 5) is 70.6. The molecule has 0 saturated carbocycles. The molecule has 419 valence electrons. The van der Waals surface area contributed by atoms with Crippen molar-refractivity contribution >= 4 is 51.9 Å². The van der Waals surface area contributed by atoms with Gasteiger partial charge in [0.2, 0.25) is 0 Å². The summed E-state index contributed by atoms with van der Waals surface area (Å²) in [6, 6.07) is 0. The van der Waals surface area contributed by atoms with Gasteiger partial charge in [0.1, 0.15) is 33.9 Å². The van der Waals surface area contributed by atoms with E-state index in [9.17, 15) is 29.7 Å². The van der Waals surface area contributed by atoms with Crippen molar-refractivity contribution in [2.24, 2.45) is 0 Å². The fraction of sp³-hybridized carbons (Fsp3) is 0.763. The number of allylic oxidation sites excluding steroid dienone is 6. The van der Waals surface area contributed by atoms with Gasteiger partial charge < -0.3 is 53.7 Å². The standard InChI is InChI=1S/3C18H34O2.5CH2O.Fe/c3*1-2-3-4-5-6-7-8-9-10-11-12-13-14-15-16-17-18(19)20;5*1-2;/h3*9-10H,2-8,11-17H2,1H3,(H,19,20);5*1H2;/q;;;;;;;;+3/p-3/b3*10-9-;;;;;;. The molecule has 0 aliphatic rings. The zero-order valence-electron chi connectivity index (χ0n) is 46.0. The van der Waals surface area contributed by atoms with Crippen molar-refractivity contribution in [2.45, 2.75) is 290 Å². The zero-order chi connectivity index (χ0) is 54.7. The van der Waals surface area contributed by atoms with Gasteiger partial charge in [-0.1, -0.05) is 211 Å². The maximum Gasteiger partial charge on any atom is 3.00 e. The first kappa shape index (κ1) is 87.2. The Labute approximate surface area is 447 Å². The summed E-state index contributed by atoms with van der Waals surface area (Å²) < 4.78 is 0. The third-order valence-corrected chi connectivity index (χ3v) is 10.9. The van der Waals surface area contributed by atoms with Crippen LogP contribution in [0.4, 0.5) is 0 Å². The van der Waals surface area contributed by atoms with Crippen LogP contribution in [0.1, 0.15) is 290 Å². The first-order valence-corrected chi connectivity index (χ1v) is 27.3. The molecule has 0 spiro atoms.